The molecule has 5 heteroatoms. The van der Waals surface area contributed by atoms with Gasteiger partial charge in [-0.3, -0.25) is 4.79 Å². The van der Waals surface area contributed by atoms with Crippen LogP contribution in [0.4, 0.5) is 13.2 Å². The maximum absolute atomic E-state index is 12.3. The third kappa shape index (κ3) is 1.77. The first-order valence-corrected chi connectivity index (χ1v) is 4.80. The van der Waals surface area contributed by atoms with Gasteiger partial charge in [0.25, 0.3) is 0 Å². The molecule has 0 saturated carbocycles. The number of β-lactam (4-membered cyclic amide) rings is 1. The Hall–Kier alpha value is -1.52. The fraction of sp³-hybridized carbons (Fsp3) is 0.364. The Labute approximate surface area is 90.5 Å². The lowest BCUT2D eigenvalue weighted by atomic mass is 9.82. The van der Waals surface area contributed by atoms with Gasteiger partial charge >= 0.3 is 6.18 Å². The van der Waals surface area contributed by atoms with Crippen LogP contribution < -0.4 is 5.32 Å². The highest BCUT2D eigenvalue weighted by atomic mass is 19.4. The molecular formula is C11H10F3NO. The van der Waals surface area contributed by atoms with Gasteiger partial charge in [-0.2, -0.15) is 13.2 Å². The molecule has 1 aliphatic rings. The summed E-state index contributed by atoms with van der Waals surface area (Å²) in [5.41, 5.74) is -0.494. The van der Waals surface area contributed by atoms with Crippen molar-refractivity contribution in [1.82, 2.24) is 5.32 Å². The SMILES string of the molecule is CC1(c2ccc(C(F)(F)F)cc2)CC(=O)N1. The summed E-state index contributed by atoms with van der Waals surface area (Å²) in [5.74, 6) is -0.0811. The molecule has 86 valence electrons. The van der Waals surface area contributed by atoms with E-state index in [9.17, 15) is 18.0 Å². The highest BCUT2D eigenvalue weighted by Crippen LogP contribution is 2.34. The number of nitrogens with one attached hydrogen (secondary N) is 1. The molecule has 0 spiro atoms. The average Bonchev–Trinajstić information content (AvgIpc) is 2.14. The number of halogens is 3. The van der Waals surface area contributed by atoms with E-state index in [1.54, 1.807) is 6.92 Å². The van der Waals surface area contributed by atoms with Crippen LogP contribution in [-0.4, -0.2) is 5.91 Å². The number of hydrogen-bond acceptors (Lipinski definition) is 1. The van der Waals surface area contributed by atoms with Crippen LogP contribution in [0.2, 0.25) is 0 Å². The van der Waals surface area contributed by atoms with Gasteiger partial charge in [0, 0.05) is 0 Å². The van der Waals surface area contributed by atoms with Crippen molar-refractivity contribution in [2.24, 2.45) is 0 Å². The van der Waals surface area contributed by atoms with E-state index in [4.69, 9.17) is 0 Å². The molecule has 1 aromatic rings. The van der Waals surface area contributed by atoms with Gasteiger partial charge in [-0.1, -0.05) is 12.1 Å². The molecule has 0 aromatic heterocycles. The molecule has 1 aromatic carbocycles. The largest absolute Gasteiger partial charge is 0.416 e. The Morgan fingerprint density at radius 2 is 1.75 bits per heavy atom. The van der Waals surface area contributed by atoms with Crippen molar-refractivity contribution in [3.8, 4) is 0 Å². The van der Waals surface area contributed by atoms with Crippen LogP contribution in [-0.2, 0) is 16.5 Å². The van der Waals surface area contributed by atoms with Crippen LogP contribution in [0.1, 0.15) is 24.5 Å². The zero-order chi connectivity index (χ0) is 12.0. The molecule has 1 atom stereocenters. The second-order valence-corrected chi connectivity index (χ2v) is 4.13. The molecule has 1 fully saturated rings. The maximum Gasteiger partial charge on any atom is 0.416 e. The van der Waals surface area contributed by atoms with Crippen LogP contribution in [0.15, 0.2) is 24.3 Å². The van der Waals surface area contributed by atoms with E-state index in [1.165, 1.54) is 12.1 Å². The van der Waals surface area contributed by atoms with E-state index in [-0.39, 0.29) is 5.91 Å². The maximum atomic E-state index is 12.3. The molecule has 1 heterocycles. The van der Waals surface area contributed by atoms with Crippen LogP contribution in [0.3, 0.4) is 0 Å². The van der Waals surface area contributed by atoms with Gasteiger partial charge in [0.1, 0.15) is 0 Å². The summed E-state index contributed by atoms with van der Waals surface area (Å²) in [6, 6.07) is 4.88. The quantitative estimate of drug-likeness (QED) is 0.736. The lowest BCUT2D eigenvalue weighted by molar-refractivity contribution is -0.138. The van der Waals surface area contributed by atoms with Crippen molar-refractivity contribution in [3.63, 3.8) is 0 Å². The molecule has 16 heavy (non-hydrogen) atoms. The summed E-state index contributed by atoms with van der Waals surface area (Å²) in [5, 5.41) is 2.67. The normalized spacial score (nSPS) is 24.9. The summed E-state index contributed by atoms with van der Waals surface area (Å²) < 4.78 is 36.9. The molecular weight excluding hydrogens is 219 g/mol. The van der Waals surface area contributed by atoms with Crippen molar-refractivity contribution < 1.29 is 18.0 Å². The zero-order valence-electron chi connectivity index (χ0n) is 8.56. The van der Waals surface area contributed by atoms with Crippen molar-refractivity contribution in [2.45, 2.75) is 25.1 Å². The molecule has 0 radical (unpaired) electrons. The lowest BCUT2D eigenvalue weighted by Gasteiger charge is -2.39. The summed E-state index contributed by atoms with van der Waals surface area (Å²) in [7, 11) is 0. The Morgan fingerprint density at radius 3 is 2.12 bits per heavy atom. The topological polar surface area (TPSA) is 29.1 Å². The van der Waals surface area contributed by atoms with Gasteiger partial charge in [-0.15, -0.1) is 0 Å². The third-order valence-corrected chi connectivity index (χ3v) is 2.78. The average molecular weight is 229 g/mol. The Bertz CT molecular complexity index is 414. The smallest absolute Gasteiger partial charge is 0.346 e. The first-order valence-electron chi connectivity index (χ1n) is 4.80. The first kappa shape index (κ1) is 11.0. The van der Waals surface area contributed by atoms with E-state index in [0.717, 1.165) is 12.1 Å². The molecule has 0 aliphatic carbocycles. The second-order valence-electron chi connectivity index (χ2n) is 4.13. The summed E-state index contributed by atoms with van der Waals surface area (Å²) >= 11 is 0. The van der Waals surface area contributed by atoms with E-state index >= 15 is 0 Å². The fourth-order valence-electron chi connectivity index (χ4n) is 1.81. The van der Waals surface area contributed by atoms with Gasteiger partial charge in [0.15, 0.2) is 0 Å². The van der Waals surface area contributed by atoms with Gasteiger partial charge in [-0.25, -0.2) is 0 Å². The van der Waals surface area contributed by atoms with Crippen LogP contribution in [0, 0.1) is 0 Å². The molecule has 2 rings (SSSR count). The molecule has 1 amide bonds. The fourth-order valence-corrected chi connectivity index (χ4v) is 1.81. The second kappa shape index (κ2) is 3.23. The predicted octanol–water partition coefficient (Wildman–Crippen LogP) is 2.44. The predicted molar refractivity (Wildman–Crippen MR) is 51.6 cm³/mol. The van der Waals surface area contributed by atoms with Crippen LogP contribution in [0.25, 0.3) is 0 Å². The van der Waals surface area contributed by atoms with Crippen LogP contribution >= 0.6 is 0 Å². The Morgan fingerprint density at radius 1 is 1.25 bits per heavy atom. The molecule has 1 saturated heterocycles. The Kier molecular flexibility index (Phi) is 2.22. The minimum Gasteiger partial charge on any atom is -0.346 e. The van der Waals surface area contributed by atoms with Crippen molar-refractivity contribution >= 4 is 5.91 Å². The van der Waals surface area contributed by atoms with Crippen molar-refractivity contribution in [3.05, 3.63) is 35.4 Å². The summed E-state index contributed by atoms with van der Waals surface area (Å²) in [6.45, 7) is 1.79. The lowest BCUT2D eigenvalue weighted by Crippen LogP contribution is -2.56. The van der Waals surface area contributed by atoms with Gasteiger partial charge in [-0.05, 0) is 24.6 Å². The molecule has 1 aliphatic heterocycles. The molecule has 1 N–H and O–H groups in total. The number of benzene rings is 1. The zero-order valence-corrected chi connectivity index (χ0v) is 8.56. The summed E-state index contributed by atoms with van der Waals surface area (Å²) in [6.07, 6.45) is -4.00. The van der Waals surface area contributed by atoms with Crippen molar-refractivity contribution in [1.29, 1.82) is 0 Å². The van der Waals surface area contributed by atoms with Crippen molar-refractivity contribution in [2.75, 3.05) is 0 Å². The molecule has 0 bridgehead atoms. The Balaban J connectivity index is 2.24. The summed E-state index contributed by atoms with van der Waals surface area (Å²) in [4.78, 5) is 10.8. The number of rotatable bonds is 1. The third-order valence-electron chi connectivity index (χ3n) is 2.78. The van der Waals surface area contributed by atoms with Gasteiger partial charge < -0.3 is 5.32 Å². The number of alkyl halides is 3. The minimum absolute atomic E-state index is 0.0811. The van der Waals surface area contributed by atoms with E-state index in [2.05, 4.69) is 5.32 Å². The van der Waals surface area contributed by atoms with E-state index in [1.807, 2.05) is 0 Å². The number of carbonyl (C=O) groups excluding carboxylic acids is 1. The van der Waals surface area contributed by atoms with Gasteiger partial charge in [0.2, 0.25) is 5.91 Å². The number of hydrogen-bond donors (Lipinski definition) is 1. The first-order chi connectivity index (χ1) is 7.31. The standard InChI is InChI=1S/C11H10F3NO/c1-10(6-9(16)15-10)7-2-4-8(5-3-7)11(12,13)14/h2-5H,6H2,1H3,(H,15,16). The van der Waals surface area contributed by atoms with E-state index in [0.29, 0.717) is 12.0 Å². The monoisotopic (exact) mass is 229 g/mol. The highest BCUT2D eigenvalue weighted by molar-refractivity contribution is 5.85. The number of amides is 1. The highest BCUT2D eigenvalue weighted by Gasteiger charge is 2.40. The molecule has 2 nitrogen and oxygen atoms in total. The number of carbonyl (C=O) groups is 1. The van der Waals surface area contributed by atoms with Gasteiger partial charge in [0.05, 0.1) is 17.5 Å². The van der Waals surface area contributed by atoms with Crippen LogP contribution in [0.5, 0.6) is 0 Å². The minimum atomic E-state index is -4.32. The molecule has 1 unspecified atom stereocenters. The van der Waals surface area contributed by atoms with E-state index < -0.39 is 17.3 Å².